The summed E-state index contributed by atoms with van der Waals surface area (Å²) in [6, 6.07) is 0. The number of ether oxygens (including phenoxy) is 1. The molecule has 0 radical (unpaired) electrons. The maximum atomic E-state index is 11.3. The van der Waals surface area contributed by atoms with Gasteiger partial charge < -0.3 is 15.0 Å². The van der Waals surface area contributed by atoms with Crippen molar-refractivity contribution in [3.05, 3.63) is 22.7 Å². The van der Waals surface area contributed by atoms with Crippen molar-refractivity contribution in [1.29, 1.82) is 0 Å². The zero-order valence-corrected chi connectivity index (χ0v) is 9.82. The third-order valence-corrected chi connectivity index (χ3v) is 2.75. The predicted molar refractivity (Wildman–Crippen MR) is 65.2 cm³/mol. The molecule has 0 aromatic carbocycles. The summed E-state index contributed by atoms with van der Waals surface area (Å²) in [6.45, 7) is 5.45. The van der Waals surface area contributed by atoms with Crippen LogP contribution in [0, 0.1) is 0 Å². The lowest BCUT2D eigenvalue weighted by Gasteiger charge is -2.26. The van der Waals surface area contributed by atoms with E-state index in [9.17, 15) is 4.79 Å². The van der Waals surface area contributed by atoms with Crippen molar-refractivity contribution < 1.29 is 4.74 Å². The van der Waals surface area contributed by atoms with E-state index in [1.165, 1.54) is 6.20 Å². The van der Waals surface area contributed by atoms with Gasteiger partial charge in [-0.2, -0.15) is 0 Å². The monoisotopic (exact) mass is 238 g/mol. The normalized spacial score (nSPS) is 16.9. The molecule has 2 rings (SSSR count). The lowest BCUT2D eigenvalue weighted by atomic mass is 10.3. The van der Waals surface area contributed by atoms with Crippen LogP contribution in [-0.4, -0.2) is 54.3 Å². The Kier molecular flexibility index (Phi) is 4.52. The molecule has 1 aliphatic rings. The molecular weight excluding hydrogens is 220 g/mol. The van der Waals surface area contributed by atoms with Crippen molar-refractivity contribution in [2.24, 2.45) is 0 Å². The van der Waals surface area contributed by atoms with Crippen LogP contribution >= 0.6 is 0 Å². The van der Waals surface area contributed by atoms with E-state index in [4.69, 9.17) is 4.74 Å². The second kappa shape index (κ2) is 6.36. The highest BCUT2D eigenvalue weighted by molar-refractivity contribution is 5.29. The van der Waals surface area contributed by atoms with Gasteiger partial charge in [0.15, 0.2) is 5.82 Å². The number of nitrogens with zero attached hydrogens (tertiary/aromatic N) is 2. The van der Waals surface area contributed by atoms with Gasteiger partial charge in [0.1, 0.15) is 0 Å². The van der Waals surface area contributed by atoms with E-state index in [-0.39, 0.29) is 5.56 Å². The first-order valence-corrected chi connectivity index (χ1v) is 5.94. The predicted octanol–water partition coefficient (Wildman–Crippen LogP) is -0.0959. The van der Waals surface area contributed by atoms with Crippen molar-refractivity contribution in [3.63, 3.8) is 0 Å². The molecule has 1 aromatic rings. The van der Waals surface area contributed by atoms with Crippen LogP contribution in [0.1, 0.15) is 6.42 Å². The van der Waals surface area contributed by atoms with Crippen LogP contribution in [0.15, 0.2) is 17.2 Å². The molecule has 2 N–H and O–H groups in total. The number of hydrogen-bond donors (Lipinski definition) is 2. The lowest BCUT2D eigenvalue weighted by molar-refractivity contribution is 0.0378. The molecule has 1 aromatic heterocycles. The molecule has 1 saturated heterocycles. The Balaban J connectivity index is 1.66. The molecule has 0 saturated carbocycles. The van der Waals surface area contributed by atoms with Crippen LogP contribution in [-0.2, 0) is 4.74 Å². The minimum absolute atomic E-state index is 0.168. The first kappa shape index (κ1) is 12.1. The first-order valence-electron chi connectivity index (χ1n) is 5.94. The molecule has 0 atom stereocenters. The van der Waals surface area contributed by atoms with Gasteiger partial charge in [-0.3, -0.25) is 9.69 Å². The smallest absolute Gasteiger partial charge is 0.290 e. The zero-order valence-electron chi connectivity index (χ0n) is 9.82. The highest BCUT2D eigenvalue weighted by Gasteiger charge is 2.09. The Bertz CT molecular complexity index is 387. The van der Waals surface area contributed by atoms with E-state index in [1.807, 2.05) is 0 Å². The second-order valence-electron chi connectivity index (χ2n) is 4.00. The molecule has 6 heteroatoms. The average molecular weight is 238 g/mol. The fourth-order valence-electron chi connectivity index (χ4n) is 1.81. The second-order valence-corrected chi connectivity index (χ2v) is 4.00. The van der Waals surface area contributed by atoms with Gasteiger partial charge in [-0.05, 0) is 13.0 Å². The third-order valence-electron chi connectivity index (χ3n) is 2.75. The van der Waals surface area contributed by atoms with E-state index in [2.05, 4.69) is 20.2 Å². The van der Waals surface area contributed by atoms with Gasteiger partial charge in [-0.25, -0.2) is 4.98 Å². The molecule has 1 aliphatic heterocycles. The SMILES string of the molecule is O=c1[nH]ccnc1NCCCN1CCOCC1. The lowest BCUT2D eigenvalue weighted by Crippen LogP contribution is -2.37. The quantitative estimate of drug-likeness (QED) is 0.701. The summed E-state index contributed by atoms with van der Waals surface area (Å²) in [4.78, 5) is 20.2. The summed E-state index contributed by atoms with van der Waals surface area (Å²) in [6.07, 6.45) is 4.10. The molecule has 1 fully saturated rings. The van der Waals surface area contributed by atoms with Gasteiger partial charge in [0, 0.05) is 32.0 Å². The van der Waals surface area contributed by atoms with Crippen LogP contribution in [0.4, 0.5) is 5.82 Å². The molecule has 0 aliphatic carbocycles. The Morgan fingerprint density at radius 3 is 3.06 bits per heavy atom. The number of aromatic amines is 1. The number of H-pyrrole nitrogens is 1. The highest BCUT2D eigenvalue weighted by atomic mass is 16.5. The largest absolute Gasteiger partial charge is 0.379 e. The molecule has 0 bridgehead atoms. The summed E-state index contributed by atoms with van der Waals surface area (Å²) >= 11 is 0. The molecule has 17 heavy (non-hydrogen) atoms. The first-order chi connectivity index (χ1) is 8.36. The highest BCUT2D eigenvalue weighted by Crippen LogP contribution is 1.98. The van der Waals surface area contributed by atoms with Gasteiger partial charge in [0.2, 0.25) is 0 Å². The van der Waals surface area contributed by atoms with Crippen LogP contribution in [0.2, 0.25) is 0 Å². The summed E-state index contributed by atoms with van der Waals surface area (Å²) in [5.74, 6) is 0.398. The Hall–Kier alpha value is -1.40. The summed E-state index contributed by atoms with van der Waals surface area (Å²) in [5, 5.41) is 3.04. The molecule has 0 spiro atoms. The van der Waals surface area contributed by atoms with Crippen LogP contribution in [0.25, 0.3) is 0 Å². The molecule has 0 unspecified atom stereocenters. The zero-order chi connectivity index (χ0) is 11.9. The minimum Gasteiger partial charge on any atom is -0.379 e. The molecule has 2 heterocycles. The number of morpholine rings is 1. The van der Waals surface area contributed by atoms with Crippen molar-refractivity contribution in [3.8, 4) is 0 Å². The maximum Gasteiger partial charge on any atom is 0.290 e. The Morgan fingerprint density at radius 2 is 2.29 bits per heavy atom. The van der Waals surface area contributed by atoms with E-state index in [1.54, 1.807) is 6.20 Å². The standard InChI is InChI=1S/C11H18N4O2/c16-11-10(13-3-4-14-11)12-2-1-5-15-6-8-17-9-7-15/h3-4H,1-2,5-9H2,(H,12,13)(H,14,16). The Morgan fingerprint density at radius 1 is 1.47 bits per heavy atom. The van der Waals surface area contributed by atoms with Gasteiger partial charge in [0.25, 0.3) is 5.56 Å². The number of aromatic nitrogens is 2. The maximum absolute atomic E-state index is 11.3. The number of rotatable bonds is 5. The Labute approximate surface area is 100 Å². The fraction of sp³-hybridized carbons (Fsp3) is 0.636. The van der Waals surface area contributed by atoms with Crippen molar-refractivity contribution in [2.45, 2.75) is 6.42 Å². The minimum atomic E-state index is -0.168. The molecular formula is C11H18N4O2. The van der Waals surface area contributed by atoms with Crippen LogP contribution in [0.5, 0.6) is 0 Å². The topological polar surface area (TPSA) is 70.2 Å². The van der Waals surface area contributed by atoms with Gasteiger partial charge >= 0.3 is 0 Å². The van der Waals surface area contributed by atoms with Crippen LogP contribution < -0.4 is 10.9 Å². The van der Waals surface area contributed by atoms with Crippen molar-refractivity contribution >= 4 is 5.82 Å². The van der Waals surface area contributed by atoms with Crippen molar-refractivity contribution in [2.75, 3.05) is 44.7 Å². The summed E-state index contributed by atoms with van der Waals surface area (Å²) in [5.41, 5.74) is -0.168. The molecule has 94 valence electrons. The third kappa shape index (κ3) is 3.83. The van der Waals surface area contributed by atoms with Gasteiger partial charge in [-0.1, -0.05) is 0 Å². The summed E-state index contributed by atoms with van der Waals surface area (Å²) in [7, 11) is 0. The number of anilines is 1. The van der Waals surface area contributed by atoms with E-state index in [0.717, 1.165) is 45.8 Å². The van der Waals surface area contributed by atoms with E-state index < -0.39 is 0 Å². The van der Waals surface area contributed by atoms with E-state index in [0.29, 0.717) is 5.82 Å². The van der Waals surface area contributed by atoms with Crippen molar-refractivity contribution in [1.82, 2.24) is 14.9 Å². The van der Waals surface area contributed by atoms with Crippen LogP contribution in [0.3, 0.4) is 0 Å². The van der Waals surface area contributed by atoms with E-state index >= 15 is 0 Å². The molecule has 6 nitrogen and oxygen atoms in total. The van der Waals surface area contributed by atoms with Gasteiger partial charge in [0.05, 0.1) is 13.2 Å². The summed E-state index contributed by atoms with van der Waals surface area (Å²) < 4.78 is 5.28. The average Bonchev–Trinajstić information content (AvgIpc) is 2.38. The fourth-order valence-corrected chi connectivity index (χ4v) is 1.81. The van der Waals surface area contributed by atoms with Gasteiger partial charge in [-0.15, -0.1) is 0 Å². The number of nitrogens with one attached hydrogen (secondary N) is 2. The molecule has 0 amide bonds. The number of hydrogen-bond acceptors (Lipinski definition) is 5.